The Bertz CT molecular complexity index is 374. The summed E-state index contributed by atoms with van der Waals surface area (Å²) < 4.78 is 0.995. The molecule has 0 saturated heterocycles. The highest BCUT2D eigenvalue weighted by atomic mass is 35.5. The zero-order valence-corrected chi connectivity index (χ0v) is 7.65. The predicted octanol–water partition coefficient (Wildman–Crippen LogP) is 1.40. The van der Waals surface area contributed by atoms with Crippen LogP contribution in [0.15, 0.2) is 17.8 Å². The summed E-state index contributed by atoms with van der Waals surface area (Å²) in [6.45, 7) is 0. The summed E-state index contributed by atoms with van der Waals surface area (Å²) in [6.07, 6.45) is 1.49. The van der Waals surface area contributed by atoms with Gasteiger partial charge in [-0.25, -0.2) is 15.8 Å². The summed E-state index contributed by atoms with van der Waals surface area (Å²) in [7, 11) is 0. The molecular weight excluding hydrogens is 196 g/mol. The maximum Gasteiger partial charge on any atom is 0.161 e. The molecule has 0 bridgehead atoms. The van der Waals surface area contributed by atoms with Crippen LogP contribution in [0.5, 0.6) is 0 Å². The van der Waals surface area contributed by atoms with Crippen molar-refractivity contribution in [1.82, 2.24) is 9.97 Å². The first-order valence-corrected chi connectivity index (χ1v) is 3.94. The fourth-order valence-electron chi connectivity index (χ4n) is 0.892. The molecule has 2 heterocycles. The Hall–Kier alpha value is -0.910. The van der Waals surface area contributed by atoms with Crippen LogP contribution in [0.2, 0.25) is 0 Å². The van der Waals surface area contributed by atoms with E-state index in [1.807, 2.05) is 11.4 Å². The Labute approximate surface area is 79.2 Å². The number of nitrogen functional groups attached to an aromatic ring is 1. The number of nitrogens with zero attached hydrogens (tertiary/aromatic N) is 2. The average Bonchev–Trinajstić information content (AvgIpc) is 2.50. The highest BCUT2D eigenvalue weighted by Crippen LogP contribution is 2.23. The number of halogens is 1. The van der Waals surface area contributed by atoms with E-state index in [-0.39, 0.29) is 12.4 Å². The van der Waals surface area contributed by atoms with Crippen molar-refractivity contribution in [3.8, 4) is 0 Å². The molecule has 0 aliphatic carbocycles. The van der Waals surface area contributed by atoms with Gasteiger partial charge in [0.2, 0.25) is 0 Å². The van der Waals surface area contributed by atoms with E-state index in [1.165, 1.54) is 6.33 Å². The summed E-state index contributed by atoms with van der Waals surface area (Å²) in [5.41, 5.74) is 3.44. The number of rotatable bonds is 1. The molecule has 12 heavy (non-hydrogen) atoms. The normalized spacial score (nSPS) is 9.42. The summed E-state index contributed by atoms with van der Waals surface area (Å²) >= 11 is 1.57. The van der Waals surface area contributed by atoms with Crippen molar-refractivity contribution in [2.75, 3.05) is 5.43 Å². The molecule has 4 nitrogen and oxygen atoms in total. The van der Waals surface area contributed by atoms with Crippen molar-refractivity contribution in [1.29, 1.82) is 0 Å². The number of hydrazine groups is 1. The van der Waals surface area contributed by atoms with Gasteiger partial charge < -0.3 is 5.43 Å². The number of nitrogens with one attached hydrogen (secondary N) is 1. The first-order valence-electron chi connectivity index (χ1n) is 3.06. The van der Waals surface area contributed by atoms with Crippen molar-refractivity contribution in [3.63, 3.8) is 0 Å². The molecule has 0 amide bonds. The second kappa shape index (κ2) is 3.66. The molecule has 0 saturated carbocycles. The van der Waals surface area contributed by atoms with E-state index in [2.05, 4.69) is 15.4 Å². The number of aromatic nitrogens is 2. The molecule has 0 radical (unpaired) electrons. The SMILES string of the molecule is Cl.NNc1ncnc2ccsc12. The molecular formula is C6H7ClN4S. The Morgan fingerprint density at radius 2 is 2.25 bits per heavy atom. The maximum atomic E-state index is 5.24. The van der Waals surface area contributed by atoms with Gasteiger partial charge in [0.1, 0.15) is 6.33 Å². The van der Waals surface area contributed by atoms with Gasteiger partial charge in [-0.1, -0.05) is 0 Å². The van der Waals surface area contributed by atoms with Gasteiger partial charge in [-0.05, 0) is 11.4 Å². The molecule has 0 spiro atoms. The molecule has 6 heteroatoms. The number of hydrogen-bond donors (Lipinski definition) is 2. The van der Waals surface area contributed by atoms with Crippen LogP contribution in [0.25, 0.3) is 10.2 Å². The van der Waals surface area contributed by atoms with Crippen LogP contribution >= 0.6 is 23.7 Å². The van der Waals surface area contributed by atoms with Crippen molar-refractivity contribution < 1.29 is 0 Å². The molecule has 0 aliphatic rings. The molecule has 0 fully saturated rings. The van der Waals surface area contributed by atoms with Crippen LogP contribution in [0, 0.1) is 0 Å². The minimum Gasteiger partial charge on any atom is -0.307 e. The highest BCUT2D eigenvalue weighted by Gasteiger charge is 2.01. The number of nitrogens with two attached hydrogens (primary N) is 1. The van der Waals surface area contributed by atoms with Gasteiger partial charge in [-0.15, -0.1) is 23.7 Å². The van der Waals surface area contributed by atoms with E-state index in [4.69, 9.17) is 5.84 Å². The van der Waals surface area contributed by atoms with E-state index < -0.39 is 0 Å². The van der Waals surface area contributed by atoms with E-state index in [0.29, 0.717) is 5.82 Å². The second-order valence-electron chi connectivity index (χ2n) is 2.00. The lowest BCUT2D eigenvalue weighted by atomic mass is 10.4. The number of anilines is 1. The molecule has 2 aromatic rings. The van der Waals surface area contributed by atoms with Crippen LogP contribution in [-0.4, -0.2) is 9.97 Å². The van der Waals surface area contributed by atoms with Crippen LogP contribution in [-0.2, 0) is 0 Å². The lowest BCUT2D eigenvalue weighted by Crippen LogP contribution is -2.08. The quantitative estimate of drug-likeness (QED) is 0.542. The van der Waals surface area contributed by atoms with Gasteiger partial charge in [0.05, 0.1) is 10.2 Å². The van der Waals surface area contributed by atoms with E-state index in [9.17, 15) is 0 Å². The van der Waals surface area contributed by atoms with Crippen molar-refractivity contribution in [3.05, 3.63) is 17.8 Å². The number of hydrogen-bond acceptors (Lipinski definition) is 5. The standard InChI is InChI=1S/C6H6N4S.ClH/c7-10-6-5-4(1-2-11-5)8-3-9-6;/h1-3H,7H2,(H,8,9,10);1H. The van der Waals surface area contributed by atoms with Crippen molar-refractivity contribution in [2.24, 2.45) is 5.84 Å². The monoisotopic (exact) mass is 202 g/mol. The van der Waals surface area contributed by atoms with Crippen LogP contribution in [0.3, 0.4) is 0 Å². The summed E-state index contributed by atoms with van der Waals surface area (Å²) in [5.74, 6) is 5.93. The first kappa shape index (κ1) is 9.18. The van der Waals surface area contributed by atoms with Crippen molar-refractivity contribution in [2.45, 2.75) is 0 Å². The lowest BCUT2D eigenvalue weighted by Gasteiger charge is -1.97. The van der Waals surface area contributed by atoms with Crippen LogP contribution in [0.4, 0.5) is 5.82 Å². The fourth-order valence-corrected chi connectivity index (χ4v) is 1.69. The third-order valence-corrected chi connectivity index (χ3v) is 2.29. The minimum absolute atomic E-state index is 0. The number of thiophene rings is 1. The van der Waals surface area contributed by atoms with E-state index >= 15 is 0 Å². The van der Waals surface area contributed by atoms with Gasteiger partial charge in [0.15, 0.2) is 5.82 Å². The number of fused-ring (bicyclic) bond motifs is 1. The molecule has 0 aromatic carbocycles. The molecule has 2 aromatic heterocycles. The summed E-state index contributed by atoms with van der Waals surface area (Å²) in [4.78, 5) is 8.01. The Morgan fingerprint density at radius 1 is 1.42 bits per heavy atom. The lowest BCUT2D eigenvalue weighted by molar-refractivity contribution is 1.19. The first-order chi connectivity index (χ1) is 5.42. The fraction of sp³-hybridized carbons (Fsp3) is 0. The van der Waals surface area contributed by atoms with Gasteiger partial charge in [-0.3, -0.25) is 0 Å². The largest absolute Gasteiger partial charge is 0.307 e. The zero-order chi connectivity index (χ0) is 7.68. The Kier molecular flexibility index (Phi) is 2.80. The minimum atomic E-state index is 0. The zero-order valence-electron chi connectivity index (χ0n) is 6.02. The van der Waals surface area contributed by atoms with Crippen LogP contribution < -0.4 is 11.3 Å². The third kappa shape index (κ3) is 1.34. The molecule has 3 N–H and O–H groups in total. The van der Waals surface area contributed by atoms with Gasteiger partial charge in [0.25, 0.3) is 0 Å². The Morgan fingerprint density at radius 3 is 3.00 bits per heavy atom. The smallest absolute Gasteiger partial charge is 0.161 e. The van der Waals surface area contributed by atoms with Crippen LogP contribution in [0.1, 0.15) is 0 Å². The molecule has 0 unspecified atom stereocenters. The van der Waals surface area contributed by atoms with Gasteiger partial charge >= 0.3 is 0 Å². The Balaban J connectivity index is 0.000000720. The molecule has 0 aliphatic heterocycles. The molecule has 2 rings (SSSR count). The van der Waals surface area contributed by atoms with E-state index in [1.54, 1.807) is 11.3 Å². The topological polar surface area (TPSA) is 63.8 Å². The van der Waals surface area contributed by atoms with Gasteiger partial charge in [-0.2, -0.15) is 0 Å². The maximum absolute atomic E-state index is 5.24. The third-order valence-electron chi connectivity index (χ3n) is 1.38. The second-order valence-corrected chi connectivity index (χ2v) is 2.92. The van der Waals surface area contributed by atoms with E-state index in [0.717, 1.165) is 10.2 Å². The molecule has 0 atom stereocenters. The molecule has 64 valence electrons. The van der Waals surface area contributed by atoms with Gasteiger partial charge in [0, 0.05) is 0 Å². The summed E-state index contributed by atoms with van der Waals surface area (Å²) in [6, 6.07) is 1.93. The summed E-state index contributed by atoms with van der Waals surface area (Å²) in [5, 5.41) is 1.96. The highest BCUT2D eigenvalue weighted by molar-refractivity contribution is 7.17. The van der Waals surface area contributed by atoms with Crippen molar-refractivity contribution >= 4 is 39.8 Å². The average molecular weight is 203 g/mol. The predicted molar refractivity (Wildman–Crippen MR) is 52.5 cm³/mol.